The van der Waals surface area contributed by atoms with Crippen LogP contribution in [0.25, 0.3) is 0 Å². The zero-order valence-electron chi connectivity index (χ0n) is 11.6. The molecule has 108 valence electrons. The third kappa shape index (κ3) is 6.52. The van der Waals surface area contributed by atoms with Gasteiger partial charge in [0, 0.05) is 12.6 Å². The number of halogens is 1. The summed E-state index contributed by atoms with van der Waals surface area (Å²) in [7, 11) is 1.79. The Hall–Kier alpha value is -1.17. The highest BCUT2D eigenvalue weighted by Gasteiger charge is 2.08. The molecule has 0 amide bonds. The van der Waals surface area contributed by atoms with Gasteiger partial charge in [0.15, 0.2) is 0 Å². The topological polar surface area (TPSA) is 50.7 Å². The van der Waals surface area contributed by atoms with Crippen molar-refractivity contribution in [2.75, 3.05) is 20.3 Å². The van der Waals surface area contributed by atoms with E-state index < -0.39 is 6.10 Å². The lowest BCUT2D eigenvalue weighted by Gasteiger charge is -2.15. The number of aliphatic hydroxyl groups excluding tert-OH is 1. The van der Waals surface area contributed by atoms with E-state index in [2.05, 4.69) is 5.32 Å². The lowest BCUT2D eigenvalue weighted by molar-refractivity contribution is -0.0123. The Morgan fingerprint density at radius 2 is 2.00 bits per heavy atom. The number of aliphatic hydroxyl groups is 1. The maximum atomic E-state index is 13.3. The van der Waals surface area contributed by atoms with Crippen LogP contribution in [-0.4, -0.2) is 37.6 Å². The molecule has 0 spiro atoms. The van der Waals surface area contributed by atoms with Gasteiger partial charge in [-0.2, -0.15) is 0 Å². The number of nitrogens with one attached hydrogen (secondary N) is 1. The SMILES string of the molecule is CNCc1cc(F)cc(OCC(O)COC(C)C)c1. The zero-order valence-corrected chi connectivity index (χ0v) is 11.6. The van der Waals surface area contributed by atoms with E-state index in [1.807, 2.05) is 13.8 Å². The Balaban J connectivity index is 2.47. The number of hydrogen-bond donors (Lipinski definition) is 2. The lowest BCUT2D eigenvalue weighted by Crippen LogP contribution is -2.25. The second kappa shape index (κ2) is 8.09. The second-order valence-corrected chi connectivity index (χ2v) is 4.67. The van der Waals surface area contributed by atoms with Crippen LogP contribution in [-0.2, 0) is 11.3 Å². The third-order valence-electron chi connectivity index (χ3n) is 2.38. The first-order valence-corrected chi connectivity index (χ1v) is 6.37. The molecule has 0 aliphatic heterocycles. The summed E-state index contributed by atoms with van der Waals surface area (Å²) in [6.45, 7) is 4.63. The van der Waals surface area contributed by atoms with Crippen molar-refractivity contribution in [2.24, 2.45) is 0 Å². The molecule has 0 aliphatic rings. The molecule has 0 aliphatic carbocycles. The van der Waals surface area contributed by atoms with Crippen LogP contribution in [0.4, 0.5) is 4.39 Å². The minimum absolute atomic E-state index is 0.0612. The van der Waals surface area contributed by atoms with Crippen molar-refractivity contribution in [2.45, 2.75) is 32.6 Å². The van der Waals surface area contributed by atoms with Gasteiger partial charge in [-0.15, -0.1) is 0 Å². The highest BCUT2D eigenvalue weighted by atomic mass is 19.1. The highest BCUT2D eigenvalue weighted by Crippen LogP contribution is 2.16. The summed E-state index contributed by atoms with van der Waals surface area (Å²) in [6, 6.07) is 4.49. The first-order chi connectivity index (χ1) is 9.01. The van der Waals surface area contributed by atoms with E-state index in [1.54, 1.807) is 13.1 Å². The first-order valence-electron chi connectivity index (χ1n) is 6.37. The number of ether oxygens (including phenoxy) is 2. The molecule has 0 saturated carbocycles. The average molecular weight is 271 g/mol. The monoisotopic (exact) mass is 271 g/mol. The van der Waals surface area contributed by atoms with E-state index in [1.165, 1.54) is 12.1 Å². The standard InChI is InChI=1S/C14H22FNO3/c1-10(2)18-8-13(17)9-19-14-5-11(7-16-3)4-12(15)6-14/h4-6,10,13,16-17H,7-9H2,1-3H3. The van der Waals surface area contributed by atoms with Gasteiger partial charge in [-0.1, -0.05) is 0 Å². The predicted octanol–water partition coefficient (Wildman–Crippen LogP) is 1.71. The van der Waals surface area contributed by atoms with E-state index in [9.17, 15) is 9.50 Å². The fraction of sp³-hybridized carbons (Fsp3) is 0.571. The second-order valence-electron chi connectivity index (χ2n) is 4.67. The molecule has 1 atom stereocenters. The minimum Gasteiger partial charge on any atom is -0.491 e. The van der Waals surface area contributed by atoms with Gasteiger partial charge in [-0.3, -0.25) is 0 Å². The molecule has 2 N–H and O–H groups in total. The van der Waals surface area contributed by atoms with Gasteiger partial charge in [-0.05, 0) is 38.6 Å². The van der Waals surface area contributed by atoms with Crippen LogP contribution >= 0.6 is 0 Å². The van der Waals surface area contributed by atoms with E-state index in [4.69, 9.17) is 9.47 Å². The molecule has 0 fully saturated rings. The van der Waals surface area contributed by atoms with E-state index in [-0.39, 0.29) is 25.1 Å². The van der Waals surface area contributed by atoms with Gasteiger partial charge in [-0.25, -0.2) is 4.39 Å². The van der Waals surface area contributed by atoms with Crippen LogP contribution in [0.2, 0.25) is 0 Å². The van der Waals surface area contributed by atoms with Crippen molar-refractivity contribution in [1.82, 2.24) is 5.32 Å². The molecule has 19 heavy (non-hydrogen) atoms. The molecule has 1 unspecified atom stereocenters. The summed E-state index contributed by atoms with van der Waals surface area (Å²) in [5, 5.41) is 12.6. The summed E-state index contributed by atoms with van der Waals surface area (Å²) in [4.78, 5) is 0. The van der Waals surface area contributed by atoms with Gasteiger partial charge >= 0.3 is 0 Å². The third-order valence-corrected chi connectivity index (χ3v) is 2.38. The van der Waals surface area contributed by atoms with Crippen molar-refractivity contribution >= 4 is 0 Å². The summed E-state index contributed by atoms with van der Waals surface area (Å²) in [5.41, 5.74) is 0.797. The molecule has 0 heterocycles. The van der Waals surface area contributed by atoms with Gasteiger partial charge < -0.3 is 19.9 Å². The van der Waals surface area contributed by atoms with E-state index in [0.717, 1.165) is 5.56 Å². The van der Waals surface area contributed by atoms with Crippen LogP contribution in [0.5, 0.6) is 5.75 Å². The average Bonchev–Trinajstić information content (AvgIpc) is 2.33. The van der Waals surface area contributed by atoms with Gasteiger partial charge in [0.25, 0.3) is 0 Å². The predicted molar refractivity (Wildman–Crippen MR) is 71.8 cm³/mol. The summed E-state index contributed by atoms with van der Waals surface area (Å²) >= 11 is 0. The highest BCUT2D eigenvalue weighted by molar-refractivity contribution is 5.29. The zero-order chi connectivity index (χ0) is 14.3. The molecule has 0 radical (unpaired) electrons. The molecule has 5 heteroatoms. The molecule has 1 aromatic carbocycles. The lowest BCUT2D eigenvalue weighted by atomic mass is 10.2. The Kier molecular flexibility index (Phi) is 6.77. The molecule has 0 aromatic heterocycles. The number of rotatable bonds is 8. The Morgan fingerprint density at radius 3 is 2.63 bits per heavy atom. The number of benzene rings is 1. The molecule has 4 nitrogen and oxygen atoms in total. The van der Waals surface area contributed by atoms with Crippen LogP contribution in [0, 0.1) is 5.82 Å². The van der Waals surface area contributed by atoms with Gasteiger partial charge in [0.2, 0.25) is 0 Å². The summed E-state index contributed by atoms with van der Waals surface area (Å²) in [5.74, 6) is 0.0597. The van der Waals surface area contributed by atoms with Crippen molar-refractivity contribution in [3.63, 3.8) is 0 Å². The minimum atomic E-state index is -0.724. The summed E-state index contributed by atoms with van der Waals surface area (Å²) in [6.07, 6.45) is -0.663. The number of hydrogen-bond acceptors (Lipinski definition) is 4. The van der Waals surface area contributed by atoms with Crippen LogP contribution in [0.15, 0.2) is 18.2 Å². The smallest absolute Gasteiger partial charge is 0.127 e. The van der Waals surface area contributed by atoms with Crippen molar-refractivity contribution in [1.29, 1.82) is 0 Å². The Morgan fingerprint density at radius 1 is 1.26 bits per heavy atom. The Labute approximate surface area is 113 Å². The molecular formula is C14H22FNO3. The van der Waals surface area contributed by atoms with E-state index in [0.29, 0.717) is 12.3 Å². The quantitative estimate of drug-likeness (QED) is 0.756. The molecule has 1 rings (SSSR count). The van der Waals surface area contributed by atoms with Crippen molar-refractivity contribution < 1.29 is 19.0 Å². The fourth-order valence-electron chi connectivity index (χ4n) is 1.55. The van der Waals surface area contributed by atoms with Gasteiger partial charge in [0.1, 0.15) is 24.3 Å². The Bertz CT molecular complexity index is 385. The molecule has 0 bridgehead atoms. The molecule has 0 saturated heterocycles. The maximum Gasteiger partial charge on any atom is 0.127 e. The van der Waals surface area contributed by atoms with Crippen molar-refractivity contribution in [3.8, 4) is 5.75 Å². The molecular weight excluding hydrogens is 249 g/mol. The molecule has 1 aromatic rings. The largest absolute Gasteiger partial charge is 0.491 e. The fourth-order valence-corrected chi connectivity index (χ4v) is 1.55. The van der Waals surface area contributed by atoms with E-state index >= 15 is 0 Å². The first kappa shape index (κ1) is 15.9. The van der Waals surface area contributed by atoms with Crippen LogP contribution in [0.1, 0.15) is 19.4 Å². The van der Waals surface area contributed by atoms with Crippen LogP contribution in [0.3, 0.4) is 0 Å². The van der Waals surface area contributed by atoms with Crippen LogP contribution < -0.4 is 10.1 Å². The van der Waals surface area contributed by atoms with Crippen molar-refractivity contribution in [3.05, 3.63) is 29.6 Å². The normalized spacial score (nSPS) is 12.7. The summed E-state index contributed by atoms with van der Waals surface area (Å²) < 4.78 is 24.0. The maximum absolute atomic E-state index is 13.3. The van der Waals surface area contributed by atoms with Gasteiger partial charge in [0.05, 0.1) is 12.7 Å².